The summed E-state index contributed by atoms with van der Waals surface area (Å²) >= 11 is 0. The average molecular weight is 589 g/mol. The van der Waals surface area contributed by atoms with Crippen LogP contribution in [0.5, 0.6) is 5.75 Å². The van der Waals surface area contributed by atoms with Crippen LogP contribution in [0.1, 0.15) is 74.5 Å². The number of rotatable bonds is 16. The lowest BCUT2D eigenvalue weighted by atomic mass is 10.00. The zero-order chi connectivity index (χ0) is 31.4. The summed E-state index contributed by atoms with van der Waals surface area (Å²) in [5, 5.41) is 3.34. The van der Waals surface area contributed by atoms with Crippen LogP contribution < -0.4 is 21.5 Å². The third kappa shape index (κ3) is 9.94. The molecule has 9 heteroatoms. The summed E-state index contributed by atoms with van der Waals surface area (Å²) in [5.74, 6) is -0.959. The molecular weight excluding hydrogens is 544 g/mol. The molecule has 0 saturated heterocycles. The van der Waals surface area contributed by atoms with Gasteiger partial charge < -0.3 is 31.2 Å². The van der Waals surface area contributed by atoms with Crippen molar-refractivity contribution >= 4 is 17.8 Å². The Labute approximate surface area is 254 Å². The molecule has 3 aromatic carbocycles. The highest BCUT2D eigenvalue weighted by atomic mass is 16.5. The van der Waals surface area contributed by atoms with Crippen LogP contribution in [0.2, 0.25) is 0 Å². The first-order valence-electron chi connectivity index (χ1n) is 14.7. The van der Waals surface area contributed by atoms with Crippen molar-refractivity contribution in [3.63, 3.8) is 0 Å². The highest BCUT2D eigenvalue weighted by Gasteiger charge is 2.25. The van der Waals surface area contributed by atoms with Crippen molar-refractivity contribution in [3.05, 3.63) is 100 Å². The van der Waals surface area contributed by atoms with Gasteiger partial charge in [0.1, 0.15) is 11.9 Å². The van der Waals surface area contributed by atoms with Gasteiger partial charge in [0.05, 0.1) is 12.7 Å². The topological polar surface area (TPSA) is 137 Å². The molecule has 3 rings (SSSR count). The van der Waals surface area contributed by atoms with Crippen LogP contribution in [0, 0.1) is 6.92 Å². The highest BCUT2D eigenvalue weighted by molar-refractivity contribution is 6.03. The quantitative estimate of drug-likeness (QED) is 0.213. The van der Waals surface area contributed by atoms with Crippen molar-refractivity contribution in [2.24, 2.45) is 11.5 Å². The number of esters is 1. The van der Waals surface area contributed by atoms with Gasteiger partial charge in [-0.2, -0.15) is 0 Å². The molecule has 0 spiro atoms. The molecule has 0 radical (unpaired) electrons. The van der Waals surface area contributed by atoms with E-state index in [0.29, 0.717) is 26.1 Å². The van der Waals surface area contributed by atoms with E-state index in [0.717, 1.165) is 35.3 Å². The van der Waals surface area contributed by atoms with Crippen molar-refractivity contribution in [2.45, 2.75) is 58.7 Å². The standard InChI is InChI=1S/C34H44N4O5/c1-5-13-38(14-6-2)33(40)27-18-26(32(36)39)19-28(20-27)34(41)43-31(30(35)17-24-10-7-9-23(3)15-24)22-37-21-25-11-8-12-29(16-25)42-4/h7-12,15-16,18-20,30-31,37H,5-6,13-14,17,21-22,35H2,1-4H3,(H2,36,39)/t30-,31+/m0/s1. The normalized spacial score (nSPS) is 12.3. The maximum Gasteiger partial charge on any atom is 0.338 e. The van der Waals surface area contributed by atoms with Gasteiger partial charge in [-0.3, -0.25) is 9.59 Å². The largest absolute Gasteiger partial charge is 0.497 e. The molecule has 0 unspecified atom stereocenters. The average Bonchev–Trinajstić information content (AvgIpc) is 2.99. The number of primary amides is 1. The van der Waals surface area contributed by atoms with Gasteiger partial charge in [0.2, 0.25) is 5.91 Å². The number of hydrogen-bond donors (Lipinski definition) is 3. The predicted octanol–water partition coefficient (Wildman–Crippen LogP) is 4.25. The molecule has 9 nitrogen and oxygen atoms in total. The molecule has 5 N–H and O–H groups in total. The van der Waals surface area contributed by atoms with E-state index in [9.17, 15) is 14.4 Å². The SMILES string of the molecule is CCCN(CCC)C(=O)c1cc(C(N)=O)cc(C(=O)O[C@H](CNCc2cccc(OC)c2)[C@@H](N)Cc2cccc(C)c2)c1. The summed E-state index contributed by atoms with van der Waals surface area (Å²) < 4.78 is 11.3. The van der Waals surface area contributed by atoms with Crippen LogP contribution in [-0.4, -0.2) is 61.6 Å². The Morgan fingerprint density at radius 3 is 2.19 bits per heavy atom. The monoisotopic (exact) mass is 588 g/mol. The summed E-state index contributed by atoms with van der Waals surface area (Å²) in [6.45, 7) is 7.88. The third-order valence-electron chi connectivity index (χ3n) is 7.07. The van der Waals surface area contributed by atoms with Gasteiger partial charge in [0.25, 0.3) is 5.91 Å². The number of carbonyl (C=O) groups excluding carboxylic acids is 3. The van der Waals surface area contributed by atoms with E-state index in [4.69, 9.17) is 20.9 Å². The molecule has 0 fully saturated rings. The molecule has 2 atom stereocenters. The van der Waals surface area contributed by atoms with Crippen molar-refractivity contribution in [1.29, 1.82) is 0 Å². The predicted molar refractivity (Wildman–Crippen MR) is 168 cm³/mol. The van der Waals surface area contributed by atoms with Crippen LogP contribution >= 0.6 is 0 Å². The fourth-order valence-electron chi connectivity index (χ4n) is 4.92. The molecule has 0 saturated carbocycles. The van der Waals surface area contributed by atoms with Gasteiger partial charge in [0, 0.05) is 43.3 Å². The maximum absolute atomic E-state index is 13.6. The van der Waals surface area contributed by atoms with E-state index in [2.05, 4.69) is 11.4 Å². The number of amides is 2. The summed E-state index contributed by atoms with van der Waals surface area (Å²) in [7, 11) is 1.61. The van der Waals surface area contributed by atoms with Gasteiger partial charge in [-0.05, 0) is 67.6 Å². The van der Waals surface area contributed by atoms with Crippen molar-refractivity contribution in [3.8, 4) is 5.75 Å². The Morgan fingerprint density at radius 1 is 0.884 bits per heavy atom. The Morgan fingerprint density at radius 2 is 1.53 bits per heavy atom. The fourth-order valence-corrected chi connectivity index (χ4v) is 4.92. The zero-order valence-corrected chi connectivity index (χ0v) is 25.6. The molecule has 0 heterocycles. The third-order valence-corrected chi connectivity index (χ3v) is 7.07. The second-order valence-electron chi connectivity index (χ2n) is 10.7. The maximum atomic E-state index is 13.6. The molecular formula is C34H44N4O5. The Bertz CT molecular complexity index is 1390. The van der Waals surface area contributed by atoms with Crippen LogP contribution in [0.25, 0.3) is 0 Å². The lowest BCUT2D eigenvalue weighted by Gasteiger charge is -2.25. The van der Waals surface area contributed by atoms with E-state index < -0.39 is 24.0 Å². The summed E-state index contributed by atoms with van der Waals surface area (Å²) in [5.41, 5.74) is 15.7. The number of nitrogens with one attached hydrogen (secondary N) is 1. The number of nitrogens with two attached hydrogens (primary N) is 2. The molecule has 230 valence electrons. The first kappa shape index (κ1) is 33.3. The zero-order valence-electron chi connectivity index (χ0n) is 25.6. The van der Waals surface area contributed by atoms with Crippen molar-refractivity contribution in [1.82, 2.24) is 10.2 Å². The van der Waals surface area contributed by atoms with Crippen LogP contribution in [-0.2, 0) is 17.7 Å². The molecule has 0 aromatic heterocycles. The summed E-state index contributed by atoms with van der Waals surface area (Å²) in [6.07, 6.45) is 1.32. The first-order valence-corrected chi connectivity index (χ1v) is 14.7. The van der Waals surface area contributed by atoms with E-state index >= 15 is 0 Å². The Hall–Kier alpha value is -4.21. The second-order valence-corrected chi connectivity index (χ2v) is 10.7. The van der Waals surface area contributed by atoms with Gasteiger partial charge in [-0.1, -0.05) is 55.8 Å². The fraction of sp³-hybridized carbons (Fsp3) is 0.382. The lowest BCUT2D eigenvalue weighted by molar-refractivity contribution is 0.0238. The number of hydrogen-bond acceptors (Lipinski definition) is 7. The smallest absolute Gasteiger partial charge is 0.338 e. The molecule has 0 aliphatic carbocycles. The van der Waals surface area contributed by atoms with E-state index in [1.165, 1.54) is 18.2 Å². The minimum atomic E-state index is -0.742. The molecule has 2 amide bonds. The number of carbonyl (C=O) groups is 3. The van der Waals surface area contributed by atoms with Gasteiger partial charge in [0.15, 0.2) is 0 Å². The van der Waals surface area contributed by atoms with Gasteiger partial charge in [-0.15, -0.1) is 0 Å². The van der Waals surface area contributed by atoms with E-state index in [-0.39, 0.29) is 29.1 Å². The molecule has 0 bridgehead atoms. The molecule has 3 aromatic rings. The minimum absolute atomic E-state index is 0.0579. The van der Waals surface area contributed by atoms with E-state index in [1.807, 2.05) is 63.2 Å². The second kappa shape index (κ2) is 16.4. The summed E-state index contributed by atoms with van der Waals surface area (Å²) in [4.78, 5) is 40.8. The number of aryl methyl sites for hydroxylation is 1. The highest BCUT2D eigenvalue weighted by Crippen LogP contribution is 2.18. The Kier molecular flexibility index (Phi) is 12.7. The van der Waals surface area contributed by atoms with Crippen molar-refractivity contribution in [2.75, 3.05) is 26.7 Å². The van der Waals surface area contributed by atoms with Crippen molar-refractivity contribution < 1.29 is 23.9 Å². The number of nitrogens with zero attached hydrogens (tertiary/aromatic N) is 1. The van der Waals surface area contributed by atoms with Gasteiger partial charge >= 0.3 is 5.97 Å². The molecule has 0 aliphatic heterocycles. The lowest BCUT2D eigenvalue weighted by Crippen LogP contribution is -2.46. The van der Waals surface area contributed by atoms with Crippen LogP contribution in [0.4, 0.5) is 0 Å². The van der Waals surface area contributed by atoms with Gasteiger partial charge in [-0.25, -0.2) is 4.79 Å². The van der Waals surface area contributed by atoms with Crippen LogP contribution in [0.15, 0.2) is 66.7 Å². The van der Waals surface area contributed by atoms with E-state index in [1.54, 1.807) is 12.0 Å². The molecule has 0 aliphatic rings. The number of ether oxygens (including phenoxy) is 2. The first-order chi connectivity index (χ1) is 20.6. The number of methoxy groups -OCH3 is 1. The van der Waals surface area contributed by atoms with Crippen LogP contribution in [0.3, 0.4) is 0 Å². The number of benzene rings is 3. The summed E-state index contributed by atoms with van der Waals surface area (Å²) in [6, 6.07) is 19.4. The minimum Gasteiger partial charge on any atom is -0.497 e. The molecule has 43 heavy (non-hydrogen) atoms. The Balaban J connectivity index is 1.86.